The highest BCUT2D eigenvalue weighted by molar-refractivity contribution is 5.15. The second kappa shape index (κ2) is 7.23. The van der Waals surface area contributed by atoms with Crippen molar-refractivity contribution in [1.82, 2.24) is 14.9 Å². The highest BCUT2D eigenvalue weighted by Gasteiger charge is 2.31. The second-order valence-corrected chi connectivity index (χ2v) is 6.41. The maximum atomic E-state index is 5.59. The third-order valence-corrected chi connectivity index (χ3v) is 4.28. The minimum atomic E-state index is 0.288. The molecule has 20 heavy (non-hydrogen) atoms. The summed E-state index contributed by atoms with van der Waals surface area (Å²) >= 11 is 0. The lowest BCUT2D eigenvalue weighted by molar-refractivity contribution is 0.0753. The van der Waals surface area contributed by atoms with Crippen molar-refractivity contribution in [3.05, 3.63) is 18.2 Å². The third kappa shape index (κ3) is 4.06. The topological polar surface area (TPSA) is 39.1 Å². The molecule has 2 heterocycles. The summed E-state index contributed by atoms with van der Waals surface area (Å²) in [7, 11) is 0. The standard InChI is InChI=1S/C16H29N3O/c1-14(2)20-11-5-4-10-19-13-18-12-15(19)16(3)6-8-17-9-7-16/h12-14,17H,4-11H2,1-3H3. The molecule has 0 aliphatic carbocycles. The van der Waals surface area contributed by atoms with Crippen molar-refractivity contribution in [3.63, 3.8) is 0 Å². The first-order valence-corrected chi connectivity index (χ1v) is 7.95. The lowest BCUT2D eigenvalue weighted by atomic mass is 9.78. The quantitative estimate of drug-likeness (QED) is 0.780. The zero-order valence-corrected chi connectivity index (χ0v) is 13.2. The van der Waals surface area contributed by atoms with E-state index < -0.39 is 0 Å². The molecule has 0 aromatic carbocycles. The molecule has 4 heteroatoms. The number of nitrogens with one attached hydrogen (secondary N) is 1. The lowest BCUT2D eigenvalue weighted by Gasteiger charge is -2.34. The van der Waals surface area contributed by atoms with Gasteiger partial charge in [0.25, 0.3) is 0 Å². The van der Waals surface area contributed by atoms with Gasteiger partial charge in [-0.2, -0.15) is 0 Å². The number of imidazole rings is 1. The van der Waals surface area contributed by atoms with E-state index in [1.54, 1.807) is 0 Å². The molecular formula is C16H29N3O. The number of aryl methyl sites for hydroxylation is 1. The Morgan fingerprint density at radius 1 is 1.35 bits per heavy atom. The van der Waals surface area contributed by atoms with Crippen LogP contribution in [0.1, 0.15) is 52.1 Å². The van der Waals surface area contributed by atoms with Gasteiger partial charge in [0.2, 0.25) is 0 Å². The van der Waals surface area contributed by atoms with Crippen molar-refractivity contribution in [2.24, 2.45) is 0 Å². The fraction of sp³-hybridized carbons (Fsp3) is 0.812. The van der Waals surface area contributed by atoms with Crippen LogP contribution in [0.15, 0.2) is 12.5 Å². The van der Waals surface area contributed by atoms with Gasteiger partial charge in [0.05, 0.1) is 12.4 Å². The normalized spacial score (nSPS) is 18.6. The molecule has 1 saturated heterocycles. The monoisotopic (exact) mass is 279 g/mol. The lowest BCUT2D eigenvalue weighted by Crippen LogP contribution is -2.39. The summed E-state index contributed by atoms with van der Waals surface area (Å²) in [6.07, 6.45) is 9.08. The zero-order chi connectivity index (χ0) is 14.4. The van der Waals surface area contributed by atoms with Crippen molar-refractivity contribution in [2.45, 2.75) is 64.5 Å². The Balaban J connectivity index is 1.85. The molecule has 114 valence electrons. The fourth-order valence-electron chi connectivity index (χ4n) is 2.94. The van der Waals surface area contributed by atoms with Gasteiger partial charge in [0, 0.05) is 30.5 Å². The Morgan fingerprint density at radius 3 is 2.80 bits per heavy atom. The summed E-state index contributed by atoms with van der Waals surface area (Å²) in [4.78, 5) is 4.38. The van der Waals surface area contributed by atoms with Crippen LogP contribution in [0.3, 0.4) is 0 Å². The number of piperidine rings is 1. The summed E-state index contributed by atoms with van der Waals surface area (Å²) in [5.41, 5.74) is 1.69. The molecule has 1 aromatic heterocycles. The van der Waals surface area contributed by atoms with E-state index in [1.807, 2.05) is 6.33 Å². The van der Waals surface area contributed by atoms with Crippen LogP contribution < -0.4 is 5.32 Å². The highest BCUT2D eigenvalue weighted by atomic mass is 16.5. The molecule has 2 rings (SSSR count). The molecule has 0 atom stereocenters. The maximum Gasteiger partial charge on any atom is 0.0948 e. The average molecular weight is 279 g/mol. The highest BCUT2D eigenvalue weighted by Crippen LogP contribution is 2.32. The Bertz CT molecular complexity index is 394. The van der Waals surface area contributed by atoms with Crippen LogP contribution >= 0.6 is 0 Å². The average Bonchev–Trinajstić information content (AvgIpc) is 2.88. The summed E-state index contributed by atoms with van der Waals surface area (Å²) in [6, 6.07) is 0. The van der Waals surface area contributed by atoms with Crippen LogP contribution in [0.5, 0.6) is 0 Å². The molecule has 0 radical (unpaired) electrons. The largest absolute Gasteiger partial charge is 0.379 e. The predicted octanol–water partition coefficient (Wildman–Crippen LogP) is 2.73. The third-order valence-electron chi connectivity index (χ3n) is 4.28. The van der Waals surface area contributed by atoms with Crippen molar-refractivity contribution in [3.8, 4) is 0 Å². The van der Waals surface area contributed by atoms with Gasteiger partial charge in [-0.15, -0.1) is 0 Å². The summed E-state index contributed by atoms with van der Waals surface area (Å²) in [5, 5.41) is 3.45. The van der Waals surface area contributed by atoms with Gasteiger partial charge in [-0.1, -0.05) is 6.92 Å². The number of hydrogen-bond donors (Lipinski definition) is 1. The number of ether oxygens (including phenoxy) is 1. The summed E-state index contributed by atoms with van der Waals surface area (Å²) < 4.78 is 7.94. The van der Waals surface area contributed by atoms with Crippen LogP contribution in [0, 0.1) is 0 Å². The SMILES string of the molecule is CC(C)OCCCCn1cncc1C1(C)CCNCC1. The Labute approximate surface area is 122 Å². The molecule has 0 saturated carbocycles. The van der Waals surface area contributed by atoms with Gasteiger partial charge in [-0.3, -0.25) is 0 Å². The van der Waals surface area contributed by atoms with Crippen molar-refractivity contribution in [2.75, 3.05) is 19.7 Å². The first kappa shape index (κ1) is 15.5. The van der Waals surface area contributed by atoms with E-state index >= 15 is 0 Å². The van der Waals surface area contributed by atoms with Crippen molar-refractivity contribution in [1.29, 1.82) is 0 Å². The van der Waals surface area contributed by atoms with Gasteiger partial charge in [-0.05, 0) is 52.6 Å². The van der Waals surface area contributed by atoms with E-state index in [4.69, 9.17) is 4.74 Å². The van der Waals surface area contributed by atoms with Crippen LogP contribution in [0.4, 0.5) is 0 Å². The van der Waals surface area contributed by atoms with E-state index in [0.717, 1.165) is 39.1 Å². The molecule has 0 spiro atoms. The van der Waals surface area contributed by atoms with Crippen LogP contribution in [-0.2, 0) is 16.7 Å². The molecule has 1 aliphatic rings. The van der Waals surface area contributed by atoms with E-state index in [2.05, 4.69) is 41.8 Å². The number of nitrogens with zero attached hydrogens (tertiary/aromatic N) is 2. The molecule has 0 amide bonds. The minimum absolute atomic E-state index is 0.288. The molecule has 1 fully saturated rings. The first-order chi connectivity index (χ1) is 9.62. The van der Waals surface area contributed by atoms with Crippen LogP contribution in [0.2, 0.25) is 0 Å². The van der Waals surface area contributed by atoms with Crippen LogP contribution in [0.25, 0.3) is 0 Å². The number of unbranched alkanes of at least 4 members (excludes halogenated alkanes) is 1. The van der Waals surface area contributed by atoms with Gasteiger partial charge in [0.15, 0.2) is 0 Å². The van der Waals surface area contributed by atoms with Crippen LogP contribution in [-0.4, -0.2) is 35.4 Å². The van der Waals surface area contributed by atoms with Crippen molar-refractivity contribution < 1.29 is 4.74 Å². The Kier molecular flexibility index (Phi) is 5.61. The molecule has 4 nitrogen and oxygen atoms in total. The predicted molar refractivity (Wildman–Crippen MR) is 82.0 cm³/mol. The minimum Gasteiger partial charge on any atom is -0.379 e. The number of rotatable bonds is 7. The molecule has 1 aromatic rings. The maximum absolute atomic E-state index is 5.59. The van der Waals surface area contributed by atoms with Gasteiger partial charge in [0.1, 0.15) is 0 Å². The number of aromatic nitrogens is 2. The first-order valence-electron chi connectivity index (χ1n) is 7.95. The summed E-state index contributed by atoms with van der Waals surface area (Å²) in [6.45, 7) is 10.7. The van der Waals surface area contributed by atoms with Gasteiger partial charge >= 0.3 is 0 Å². The molecule has 0 bridgehead atoms. The Morgan fingerprint density at radius 2 is 2.10 bits per heavy atom. The molecule has 0 unspecified atom stereocenters. The smallest absolute Gasteiger partial charge is 0.0948 e. The summed E-state index contributed by atoms with van der Waals surface area (Å²) in [5.74, 6) is 0. The molecular weight excluding hydrogens is 250 g/mol. The molecule has 1 aliphatic heterocycles. The van der Waals surface area contributed by atoms with E-state index in [9.17, 15) is 0 Å². The second-order valence-electron chi connectivity index (χ2n) is 6.41. The van der Waals surface area contributed by atoms with Crippen molar-refractivity contribution >= 4 is 0 Å². The fourth-order valence-corrected chi connectivity index (χ4v) is 2.94. The zero-order valence-electron chi connectivity index (χ0n) is 13.2. The number of hydrogen-bond acceptors (Lipinski definition) is 3. The van der Waals surface area contributed by atoms with E-state index in [0.29, 0.717) is 6.10 Å². The molecule has 1 N–H and O–H groups in total. The van der Waals surface area contributed by atoms with Gasteiger partial charge in [-0.25, -0.2) is 4.98 Å². The van der Waals surface area contributed by atoms with E-state index in [-0.39, 0.29) is 5.41 Å². The Hall–Kier alpha value is -0.870. The van der Waals surface area contributed by atoms with E-state index in [1.165, 1.54) is 18.5 Å². The van der Waals surface area contributed by atoms with Gasteiger partial charge < -0.3 is 14.6 Å².